The van der Waals surface area contributed by atoms with Gasteiger partial charge in [0.05, 0.1) is 31.1 Å². The number of rotatable bonds is 4. The average Bonchev–Trinajstić information content (AvgIpc) is 2.56. The van der Waals surface area contributed by atoms with Crippen molar-refractivity contribution in [3.05, 3.63) is 64.9 Å². The van der Waals surface area contributed by atoms with Crippen molar-refractivity contribution in [2.45, 2.75) is 11.4 Å². The second-order valence-corrected chi connectivity index (χ2v) is 8.29. The van der Waals surface area contributed by atoms with E-state index in [1.807, 2.05) is 6.07 Å². The number of quaternary nitrogens is 1. The number of halogens is 2. The number of benzene rings is 2. The lowest BCUT2D eigenvalue weighted by Crippen LogP contribution is -3.13. The van der Waals surface area contributed by atoms with Crippen molar-refractivity contribution in [2.24, 2.45) is 0 Å². The van der Waals surface area contributed by atoms with Crippen LogP contribution < -0.4 is 4.90 Å². The minimum atomic E-state index is -3.48. The van der Waals surface area contributed by atoms with E-state index >= 15 is 0 Å². The predicted octanol–water partition coefficient (Wildman–Crippen LogP) is 1.57. The van der Waals surface area contributed by atoms with E-state index in [0.29, 0.717) is 37.7 Å². The minimum absolute atomic E-state index is 0.240. The maximum Gasteiger partial charge on any atom is 0.243 e. The Labute approximate surface area is 146 Å². The molecule has 0 aliphatic carbocycles. The molecule has 0 unspecified atom stereocenters. The monoisotopic (exact) mass is 369 g/mol. The smallest absolute Gasteiger partial charge is 0.243 e. The van der Waals surface area contributed by atoms with Crippen LogP contribution in [0.3, 0.4) is 0 Å². The van der Waals surface area contributed by atoms with E-state index in [1.54, 1.807) is 18.2 Å². The van der Waals surface area contributed by atoms with E-state index in [0.717, 1.165) is 5.56 Å². The van der Waals surface area contributed by atoms with Crippen LogP contribution in [0.15, 0.2) is 53.4 Å². The molecule has 3 rings (SSSR count). The zero-order valence-electron chi connectivity index (χ0n) is 13.1. The van der Waals surface area contributed by atoms with Crippen molar-refractivity contribution >= 4 is 21.6 Å². The van der Waals surface area contributed by atoms with Gasteiger partial charge in [-0.3, -0.25) is 0 Å². The van der Waals surface area contributed by atoms with E-state index < -0.39 is 10.0 Å². The van der Waals surface area contributed by atoms with Crippen LogP contribution >= 0.6 is 11.6 Å². The van der Waals surface area contributed by atoms with Gasteiger partial charge in [-0.05, 0) is 36.4 Å². The quantitative estimate of drug-likeness (QED) is 0.888. The van der Waals surface area contributed by atoms with E-state index in [-0.39, 0.29) is 10.7 Å². The summed E-state index contributed by atoms with van der Waals surface area (Å²) in [4.78, 5) is 1.52. The Balaban J connectivity index is 1.63. The number of hydrogen-bond acceptors (Lipinski definition) is 2. The highest BCUT2D eigenvalue weighted by Crippen LogP contribution is 2.18. The molecule has 24 heavy (non-hydrogen) atoms. The molecule has 1 saturated heterocycles. The maximum atomic E-state index is 13.2. The van der Waals surface area contributed by atoms with Gasteiger partial charge in [-0.1, -0.05) is 23.7 Å². The van der Waals surface area contributed by atoms with Gasteiger partial charge in [-0.15, -0.1) is 0 Å². The lowest BCUT2D eigenvalue weighted by molar-refractivity contribution is -0.917. The molecule has 1 aliphatic rings. The summed E-state index contributed by atoms with van der Waals surface area (Å²) in [5, 5.41) is 0.512. The lowest BCUT2D eigenvalue weighted by atomic mass is 10.2. The SMILES string of the molecule is O=S(=O)(c1ccc(Cl)cc1)N1CC[NH+](Cc2cccc(F)c2)CC1. The van der Waals surface area contributed by atoms with Gasteiger partial charge in [0, 0.05) is 10.6 Å². The molecule has 1 N–H and O–H groups in total. The fraction of sp³-hybridized carbons (Fsp3) is 0.294. The largest absolute Gasteiger partial charge is 0.329 e. The minimum Gasteiger partial charge on any atom is -0.329 e. The molecule has 0 saturated carbocycles. The Morgan fingerprint density at radius 2 is 1.75 bits per heavy atom. The third-order valence-electron chi connectivity index (χ3n) is 4.22. The van der Waals surface area contributed by atoms with Gasteiger partial charge >= 0.3 is 0 Å². The summed E-state index contributed by atoms with van der Waals surface area (Å²) < 4.78 is 40.0. The van der Waals surface area contributed by atoms with E-state index in [4.69, 9.17) is 11.6 Å². The van der Waals surface area contributed by atoms with Crippen molar-refractivity contribution in [3.8, 4) is 0 Å². The third kappa shape index (κ3) is 3.95. The molecule has 1 fully saturated rings. The summed E-state index contributed by atoms with van der Waals surface area (Å²) in [5.74, 6) is -0.240. The van der Waals surface area contributed by atoms with Gasteiger partial charge in [-0.2, -0.15) is 4.31 Å². The molecule has 0 spiro atoms. The molecular weight excluding hydrogens is 351 g/mol. The number of nitrogens with zero attached hydrogens (tertiary/aromatic N) is 1. The number of piperazine rings is 1. The molecular formula is C17H19ClFN2O2S+. The molecule has 0 amide bonds. The van der Waals surface area contributed by atoms with Crippen LogP contribution in [0.5, 0.6) is 0 Å². The van der Waals surface area contributed by atoms with Crippen molar-refractivity contribution < 1.29 is 17.7 Å². The Hall–Kier alpha value is -1.47. The van der Waals surface area contributed by atoms with Gasteiger partial charge in [0.25, 0.3) is 0 Å². The summed E-state index contributed by atoms with van der Waals surface area (Å²) >= 11 is 5.82. The Kier molecular flexibility index (Phi) is 5.20. The Morgan fingerprint density at radius 3 is 2.38 bits per heavy atom. The Morgan fingerprint density at radius 1 is 1.08 bits per heavy atom. The van der Waals surface area contributed by atoms with Crippen LogP contribution in [0, 0.1) is 5.82 Å². The van der Waals surface area contributed by atoms with Crippen molar-refractivity contribution in [1.29, 1.82) is 0 Å². The zero-order chi connectivity index (χ0) is 17.2. The number of nitrogens with one attached hydrogen (secondary N) is 1. The highest BCUT2D eigenvalue weighted by atomic mass is 35.5. The van der Waals surface area contributed by atoms with Crippen LogP contribution in [-0.4, -0.2) is 38.9 Å². The maximum absolute atomic E-state index is 13.2. The van der Waals surface area contributed by atoms with Gasteiger partial charge in [0.2, 0.25) is 10.0 Å². The summed E-state index contributed by atoms with van der Waals surface area (Å²) in [6.45, 7) is 3.00. The summed E-state index contributed by atoms with van der Waals surface area (Å²) in [6, 6.07) is 12.8. The first-order valence-electron chi connectivity index (χ1n) is 7.79. The molecule has 4 nitrogen and oxygen atoms in total. The van der Waals surface area contributed by atoms with Crippen molar-refractivity contribution in [1.82, 2.24) is 4.31 Å². The molecule has 0 aromatic heterocycles. The fourth-order valence-corrected chi connectivity index (χ4v) is 4.48. The van der Waals surface area contributed by atoms with Gasteiger partial charge in [0.1, 0.15) is 12.4 Å². The molecule has 2 aromatic carbocycles. The molecule has 1 heterocycles. The van der Waals surface area contributed by atoms with Crippen LogP contribution in [0.1, 0.15) is 5.56 Å². The number of sulfonamides is 1. The molecule has 128 valence electrons. The van der Waals surface area contributed by atoms with E-state index in [1.165, 1.54) is 33.5 Å². The number of hydrogen-bond donors (Lipinski definition) is 1. The molecule has 2 aromatic rings. The highest BCUT2D eigenvalue weighted by molar-refractivity contribution is 7.89. The van der Waals surface area contributed by atoms with Gasteiger partial charge in [0.15, 0.2) is 0 Å². The molecule has 7 heteroatoms. The molecule has 0 bridgehead atoms. The summed E-state index contributed by atoms with van der Waals surface area (Å²) in [5.41, 5.74) is 0.930. The van der Waals surface area contributed by atoms with E-state index in [2.05, 4.69) is 0 Å². The summed E-state index contributed by atoms with van der Waals surface area (Å²) in [6.07, 6.45) is 0. The first-order valence-corrected chi connectivity index (χ1v) is 9.61. The van der Waals surface area contributed by atoms with E-state index in [9.17, 15) is 12.8 Å². The first-order chi connectivity index (χ1) is 11.4. The molecule has 1 aliphatic heterocycles. The Bertz CT molecular complexity index is 804. The standard InChI is InChI=1S/C17H18ClFN2O2S/c18-15-4-6-17(7-5-15)24(22,23)21-10-8-20(9-11-21)13-14-2-1-3-16(19)12-14/h1-7,12H,8-11,13H2/p+1. The van der Waals surface area contributed by atoms with Crippen molar-refractivity contribution in [2.75, 3.05) is 26.2 Å². The van der Waals surface area contributed by atoms with Crippen LogP contribution in [0.2, 0.25) is 5.02 Å². The van der Waals surface area contributed by atoms with Crippen molar-refractivity contribution in [3.63, 3.8) is 0 Å². The van der Waals surface area contributed by atoms with Crippen LogP contribution in [0.4, 0.5) is 4.39 Å². The second kappa shape index (κ2) is 7.19. The van der Waals surface area contributed by atoms with Gasteiger partial charge in [-0.25, -0.2) is 12.8 Å². The van der Waals surface area contributed by atoms with Gasteiger partial charge < -0.3 is 4.90 Å². The van der Waals surface area contributed by atoms with Crippen LogP contribution in [-0.2, 0) is 16.6 Å². The highest BCUT2D eigenvalue weighted by Gasteiger charge is 2.30. The average molecular weight is 370 g/mol. The first kappa shape index (κ1) is 17.4. The predicted molar refractivity (Wildman–Crippen MR) is 91.0 cm³/mol. The topological polar surface area (TPSA) is 41.8 Å². The second-order valence-electron chi connectivity index (χ2n) is 5.91. The van der Waals surface area contributed by atoms with Crippen LogP contribution in [0.25, 0.3) is 0 Å². The zero-order valence-corrected chi connectivity index (χ0v) is 14.7. The molecule has 0 radical (unpaired) electrons. The fourth-order valence-electron chi connectivity index (χ4n) is 2.91. The normalized spacial score (nSPS) is 17.1. The summed E-state index contributed by atoms with van der Waals surface area (Å²) in [7, 11) is -3.48. The molecule has 0 atom stereocenters. The lowest BCUT2D eigenvalue weighted by Gasteiger charge is -2.31. The third-order valence-corrected chi connectivity index (χ3v) is 6.39.